The van der Waals surface area contributed by atoms with Gasteiger partial charge in [-0.2, -0.15) is 0 Å². The molecule has 8 heteroatoms. The van der Waals surface area contributed by atoms with Crippen LogP contribution in [0.1, 0.15) is 20.8 Å². The number of nitro groups is 1. The van der Waals surface area contributed by atoms with Crippen LogP contribution >= 0.6 is 11.3 Å². The van der Waals surface area contributed by atoms with Gasteiger partial charge in [-0.3, -0.25) is 14.9 Å². The molecule has 1 N–H and O–H groups in total. The number of ketones is 1. The summed E-state index contributed by atoms with van der Waals surface area (Å²) in [5.74, 6) is -0.545. The first-order valence-corrected chi connectivity index (χ1v) is 8.08. The van der Waals surface area contributed by atoms with Crippen molar-refractivity contribution in [3.8, 4) is 0 Å². The highest BCUT2D eigenvalue weighted by Gasteiger charge is 2.14. The Kier molecular flexibility index (Phi) is 4.80. The Bertz CT molecular complexity index is 908. The molecule has 3 aromatic rings. The predicted molar refractivity (Wildman–Crippen MR) is 92.4 cm³/mol. The molecule has 3 rings (SSSR count). The SMILES string of the molecule is O=C(c1ccc([N+](=O)[O-])cc1)c1cnc(NCc2ccc(F)cc2)s1. The number of nitrogens with zero attached hydrogens (tertiary/aromatic N) is 2. The van der Waals surface area contributed by atoms with Crippen molar-refractivity contribution in [3.05, 3.63) is 86.7 Å². The van der Waals surface area contributed by atoms with Crippen LogP contribution in [0.25, 0.3) is 0 Å². The van der Waals surface area contributed by atoms with Crippen LogP contribution in [0, 0.1) is 15.9 Å². The summed E-state index contributed by atoms with van der Waals surface area (Å²) < 4.78 is 12.9. The van der Waals surface area contributed by atoms with E-state index < -0.39 is 4.92 Å². The van der Waals surface area contributed by atoms with Gasteiger partial charge < -0.3 is 5.32 Å². The monoisotopic (exact) mass is 357 g/mol. The Morgan fingerprint density at radius 1 is 1.16 bits per heavy atom. The number of carbonyl (C=O) groups is 1. The molecular weight excluding hydrogens is 345 g/mol. The zero-order chi connectivity index (χ0) is 17.8. The average molecular weight is 357 g/mol. The van der Waals surface area contributed by atoms with Crippen LogP contribution in [-0.2, 0) is 6.54 Å². The van der Waals surface area contributed by atoms with Crippen LogP contribution in [0.2, 0.25) is 0 Å². The highest BCUT2D eigenvalue weighted by Crippen LogP contribution is 2.23. The molecule has 0 bridgehead atoms. The smallest absolute Gasteiger partial charge is 0.269 e. The maximum absolute atomic E-state index is 12.9. The van der Waals surface area contributed by atoms with Crippen molar-refractivity contribution in [2.45, 2.75) is 6.54 Å². The molecule has 1 aromatic heterocycles. The lowest BCUT2D eigenvalue weighted by Gasteiger charge is -2.02. The highest BCUT2D eigenvalue weighted by molar-refractivity contribution is 7.17. The number of aromatic nitrogens is 1. The van der Waals surface area contributed by atoms with Crippen molar-refractivity contribution in [1.82, 2.24) is 4.98 Å². The molecular formula is C17H12FN3O3S. The van der Waals surface area contributed by atoms with Gasteiger partial charge in [0, 0.05) is 24.2 Å². The summed E-state index contributed by atoms with van der Waals surface area (Å²) in [7, 11) is 0. The summed E-state index contributed by atoms with van der Waals surface area (Å²) >= 11 is 1.19. The predicted octanol–water partition coefficient (Wildman–Crippen LogP) is 4.03. The number of hydrogen-bond donors (Lipinski definition) is 1. The van der Waals surface area contributed by atoms with E-state index in [4.69, 9.17) is 0 Å². The average Bonchev–Trinajstić information content (AvgIpc) is 3.10. The number of hydrogen-bond acceptors (Lipinski definition) is 6. The first kappa shape index (κ1) is 16.7. The Morgan fingerprint density at radius 3 is 2.48 bits per heavy atom. The molecule has 0 aliphatic heterocycles. The number of nitrogens with one attached hydrogen (secondary N) is 1. The summed E-state index contributed by atoms with van der Waals surface area (Å²) in [5.41, 5.74) is 1.18. The van der Waals surface area contributed by atoms with E-state index in [1.165, 1.54) is 53.9 Å². The van der Waals surface area contributed by atoms with Crippen LogP contribution in [0.4, 0.5) is 15.2 Å². The topological polar surface area (TPSA) is 85.1 Å². The van der Waals surface area contributed by atoms with Crippen molar-refractivity contribution < 1.29 is 14.1 Å². The summed E-state index contributed by atoms with van der Waals surface area (Å²) in [6, 6.07) is 11.5. The minimum atomic E-state index is -0.515. The highest BCUT2D eigenvalue weighted by atomic mass is 32.1. The van der Waals surface area contributed by atoms with E-state index in [9.17, 15) is 19.3 Å². The first-order valence-electron chi connectivity index (χ1n) is 7.26. The zero-order valence-corrected chi connectivity index (χ0v) is 13.6. The van der Waals surface area contributed by atoms with E-state index >= 15 is 0 Å². The van der Waals surface area contributed by atoms with Crippen LogP contribution < -0.4 is 5.32 Å². The van der Waals surface area contributed by atoms with Crippen LogP contribution in [0.3, 0.4) is 0 Å². The van der Waals surface area contributed by atoms with Gasteiger partial charge in [0.05, 0.1) is 16.0 Å². The van der Waals surface area contributed by atoms with E-state index in [1.807, 2.05) is 0 Å². The van der Waals surface area contributed by atoms with Gasteiger partial charge in [0.25, 0.3) is 5.69 Å². The molecule has 0 saturated carbocycles. The van der Waals surface area contributed by atoms with Gasteiger partial charge in [0.1, 0.15) is 5.82 Å². The third-order valence-corrected chi connectivity index (χ3v) is 4.38. The van der Waals surface area contributed by atoms with Crippen molar-refractivity contribution in [1.29, 1.82) is 0 Å². The third-order valence-electron chi connectivity index (χ3n) is 3.43. The normalized spacial score (nSPS) is 10.4. The van der Waals surface area contributed by atoms with Crippen molar-refractivity contribution in [2.75, 3.05) is 5.32 Å². The fourth-order valence-corrected chi connectivity index (χ4v) is 2.89. The van der Waals surface area contributed by atoms with Crippen LogP contribution in [0.15, 0.2) is 54.7 Å². The Balaban J connectivity index is 1.66. The molecule has 0 aliphatic carbocycles. The summed E-state index contributed by atoms with van der Waals surface area (Å²) in [6.45, 7) is 0.457. The molecule has 0 atom stereocenters. The summed E-state index contributed by atoms with van der Waals surface area (Å²) in [5, 5.41) is 14.3. The van der Waals surface area contributed by atoms with Gasteiger partial charge >= 0.3 is 0 Å². The molecule has 0 unspecified atom stereocenters. The molecule has 2 aromatic carbocycles. The lowest BCUT2D eigenvalue weighted by Crippen LogP contribution is -1.99. The second-order valence-corrected chi connectivity index (χ2v) is 6.17. The number of rotatable bonds is 6. The van der Waals surface area contributed by atoms with Gasteiger partial charge in [-0.05, 0) is 29.8 Å². The van der Waals surface area contributed by atoms with E-state index in [1.54, 1.807) is 12.1 Å². The molecule has 25 heavy (non-hydrogen) atoms. The summed E-state index contributed by atoms with van der Waals surface area (Å²) in [4.78, 5) is 27.1. The quantitative estimate of drug-likeness (QED) is 0.409. The second-order valence-electron chi connectivity index (χ2n) is 5.14. The van der Waals surface area contributed by atoms with Gasteiger partial charge in [0.2, 0.25) is 5.78 Å². The van der Waals surface area contributed by atoms with Gasteiger partial charge in [-0.25, -0.2) is 9.37 Å². The molecule has 0 aliphatic rings. The Morgan fingerprint density at radius 2 is 1.84 bits per heavy atom. The summed E-state index contributed by atoms with van der Waals surface area (Å²) in [6.07, 6.45) is 1.46. The van der Waals surface area contributed by atoms with E-state index in [0.717, 1.165) is 5.56 Å². The minimum absolute atomic E-state index is 0.0671. The lowest BCUT2D eigenvalue weighted by atomic mass is 10.1. The molecule has 0 radical (unpaired) electrons. The van der Waals surface area contributed by atoms with Crippen molar-refractivity contribution in [2.24, 2.45) is 0 Å². The molecule has 0 saturated heterocycles. The molecule has 0 spiro atoms. The lowest BCUT2D eigenvalue weighted by molar-refractivity contribution is -0.384. The number of thiazole rings is 1. The number of non-ortho nitro benzene ring substituents is 1. The molecule has 126 valence electrons. The van der Waals surface area contributed by atoms with Gasteiger partial charge in [-0.1, -0.05) is 23.5 Å². The Labute approximate surface area is 146 Å². The molecule has 6 nitrogen and oxygen atoms in total. The van der Waals surface area contributed by atoms with Gasteiger partial charge in [0.15, 0.2) is 5.13 Å². The zero-order valence-electron chi connectivity index (χ0n) is 12.8. The second kappa shape index (κ2) is 7.18. The molecule has 1 heterocycles. The first-order chi connectivity index (χ1) is 12.0. The van der Waals surface area contributed by atoms with Gasteiger partial charge in [-0.15, -0.1) is 0 Å². The van der Waals surface area contributed by atoms with E-state index in [-0.39, 0.29) is 17.3 Å². The number of halogens is 1. The van der Waals surface area contributed by atoms with Crippen LogP contribution in [-0.4, -0.2) is 15.7 Å². The molecule has 0 fully saturated rings. The third kappa shape index (κ3) is 4.04. The molecule has 0 amide bonds. The Hall–Kier alpha value is -3.13. The number of carbonyl (C=O) groups excluding carboxylic acids is 1. The van der Waals surface area contributed by atoms with Crippen LogP contribution in [0.5, 0.6) is 0 Å². The minimum Gasteiger partial charge on any atom is -0.357 e. The maximum atomic E-state index is 12.9. The number of anilines is 1. The standard InChI is InChI=1S/C17H12FN3O3S/c18-13-5-1-11(2-6-13)9-19-17-20-10-15(25-17)16(22)12-3-7-14(8-4-12)21(23)24/h1-8,10H,9H2,(H,19,20). The van der Waals surface area contributed by atoms with E-state index in [2.05, 4.69) is 10.3 Å². The largest absolute Gasteiger partial charge is 0.357 e. The number of nitro benzene ring substituents is 1. The van der Waals surface area contributed by atoms with E-state index in [0.29, 0.717) is 22.1 Å². The fourth-order valence-electron chi connectivity index (χ4n) is 2.12. The fraction of sp³-hybridized carbons (Fsp3) is 0.0588. The van der Waals surface area contributed by atoms with Crippen molar-refractivity contribution in [3.63, 3.8) is 0 Å². The van der Waals surface area contributed by atoms with Crippen molar-refractivity contribution >= 4 is 27.9 Å². The maximum Gasteiger partial charge on any atom is 0.269 e. The number of benzene rings is 2.